The third-order valence-corrected chi connectivity index (χ3v) is 2.58. The van der Waals surface area contributed by atoms with Gasteiger partial charge in [-0.15, -0.1) is 0 Å². The van der Waals surface area contributed by atoms with Gasteiger partial charge in [0.05, 0.1) is 13.2 Å². The Kier molecular flexibility index (Phi) is 6.23. The Labute approximate surface area is 111 Å². The molecular weight excluding hydrogens is 254 g/mol. The molecule has 8 heteroatoms. The Bertz CT molecular complexity index is 347. The lowest BCUT2D eigenvalue weighted by molar-refractivity contribution is -0.156. The number of hydrogen-bond acceptors (Lipinski definition) is 5. The molecule has 0 aliphatic carbocycles. The van der Waals surface area contributed by atoms with Gasteiger partial charge in [0.25, 0.3) is 0 Å². The third-order valence-electron chi connectivity index (χ3n) is 2.58. The van der Waals surface area contributed by atoms with Crippen molar-refractivity contribution in [1.29, 1.82) is 0 Å². The maximum atomic E-state index is 11.6. The average molecular weight is 273 g/mol. The van der Waals surface area contributed by atoms with Crippen molar-refractivity contribution in [3.63, 3.8) is 0 Å². The van der Waals surface area contributed by atoms with Gasteiger partial charge in [0, 0.05) is 19.6 Å². The summed E-state index contributed by atoms with van der Waals surface area (Å²) in [6.45, 7) is 3.24. The molecule has 1 unspecified atom stereocenters. The zero-order chi connectivity index (χ0) is 14.3. The van der Waals surface area contributed by atoms with E-state index in [2.05, 4.69) is 10.6 Å². The molecule has 8 nitrogen and oxygen atoms in total. The molecule has 3 N–H and O–H groups in total. The van der Waals surface area contributed by atoms with Gasteiger partial charge < -0.3 is 15.2 Å². The number of carbonyl (C=O) groups excluding carboxylic acids is 2. The van der Waals surface area contributed by atoms with E-state index in [9.17, 15) is 14.4 Å². The molecule has 1 saturated heterocycles. The molecule has 1 atom stereocenters. The van der Waals surface area contributed by atoms with E-state index in [1.807, 2.05) is 6.92 Å². The van der Waals surface area contributed by atoms with Crippen LogP contribution < -0.4 is 10.6 Å². The monoisotopic (exact) mass is 273 g/mol. The third kappa shape index (κ3) is 5.66. The molecule has 1 fully saturated rings. The number of morpholine rings is 1. The summed E-state index contributed by atoms with van der Waals surface area (Å²) in [4.78, 5) is 35.2. The summed E-state index contributed by atoms with van der Waals surface area (Å²) in [6.07, 6.45) is -0.138. The molecular formula is C11H19N3O5. The molecule has 19 heavy (non-hydrogen) atoms. The van der Waals surface area contributed by atoms with E-state index in [1.54, 1.807) is 4.90 Å². The van der Waals surface area contributed by atoms with Gasteiger partial charge in [-0.25, -0.2) is 9.59 Å². The Balaban J connectivity index is 2.31. The topological polar surface area (TPSA) is 108 Å². The molecule has 1 aliphatic heterocycles. The second-order valence-corrected chi connectivity index (χ2v) is 4.24. The summed E-state index contributed by atoms with van der Waals surface area (Å²) in [5, 5.41) is 13.5. The molecule has 0 aromatic carbocycles. The lowest BCUT2D eigenvalue weighted by Gasteiger charge is -2.29. The van der Waals surface area contributed by atoms with Crippen LogP contribution >= 0.6 is 0 Å². The molecule has 0 saturated carbocycles. The molecule has 0 bridgehead atoms. The van der Waals surface area contributed by atoms with Gasteiger partial charge in [-0.2, -0.15) is 0 Å². The molecule has 3 amide bonds. The first-order valence-electron chi connectivity index (χ1n) is 6.17. The van der Waals surface area contributed by atoms with Crippen LogP contribution in [0.4, 0.5) is 4.79 Å². The van der Waals surface area contributed by atoms with E-state index in [4.69, 9.17) is 9.84 Å². The highest BCUT2D eigenvalue weighted by molar-refractivity contribution is 5.95. The van der Waals surface area contributed by atoms with Crippen LogP contribution in [-0.2, 0) is 14.3 Å². The van der Waals surface area contributed by atoms with Crippen LogP contribution in [0.2, 0.25) is 0 Å². The fourth-order valence-electron chi connectivity index (χ4n) is 1.65. The van der Waals surface area contributed by atoms with E-state index in [-0.39, 0.29) is 19.7 Å². The average Bonchev–Trinajstić information content (AvgIpc) is 2.36. The van der Waals surface area contributed by atoms with Crippen molar-refractivity contribution in [2.24, 2.45) is 0 Å². The van der Waals surface area contributed by atoms with Crippen molar-refractivity contribution in [3.8, 4) is 0 Å². The van der Waals surface area contributed by atoms with Crippen LogP contribution in [0.25, 0.3) is 0 Å². The number of aliphatic carboxylic acids is 1. The van der Waals surface area contributed by atoms with Crippen molar-refractivity contribution in [3.05, 3.63) is 0 Å². The van der Waals surface area contributed by atoms with Gasteiger partial charge in [0.2, 0.25) is 5.91 Å². The fraction of sp³-hybridized carbons (Fsp3) is 0.727. The number of ether oxygens (including phenoxy) is 1. The highest BCUT2D eigenvalue weighted by Gasteiger charge is 2.27. The van der Waals surface area contributed by atoms with Crippen molar-refractivity contribution < 1.29 is 24.2 Å². The van der Waals surface area contributed by atoms with Gasteiger partial charge in [0.1, 0.15) is 0 Å². The first-order valence-corrected chi connectivity index (χ1v) is 6.17. The Morgan fingerprint density at radius 2 is 2.16 bits per heavy atom. The first kappa shape index (κ1) is 15.4. The normalized spacial score (nSPS) is 19.7. The molecule has 108 valence electrons. The highest BCUT2D eigenvalue weighted by Crippen LogP contribution is 2.04. The summed E-state index contributed by atoms with van der Waals surface area (Å²) < 4.78 is 5.03. The SMILES string of the molecule is CCCNC(=O)NC(=O)CN1CCOC(C(=O)O)C1. The molecule has 1 aliphatic rings. The number of nitrogens with one attached hydrogen (secondary N) is 2. The number of carbonyl (C=O) groups is 3. The zero-order valence-electron chi connectivity index (χ0n) is 10.8. The Morgan fingerprint density at radius 1 is 1.42 bits per heavy atom. The highest BCUT2D eigenvalue weighted by atomic mass is 16.5. The number of amides is 3. The number of hydrogen-bond donors (Lipinski definition) is 3. The number of rotatable bonds is 5. The quantitative estimate of drug-likeness (QED) is 0.593. The second-order valence-electron chi connectivity index (χ2n) is 4.24. The van der Waals surface area contributed by atoms with E-state index in [1.165, 1.54) is 0 Å². The number of nitrogens with zero attached hydrogens (tertiary/aromatic N) is 1. The van der Waals surface area contributed by atoms with Crippen LogP contribution in [0.3, 0.4) is 0 Å². The van der Waals surface area contributed by atoms with Crippen molar-refractivity contribution in [2.75, 3.05) is 32.8 Å². The first-order chi connectivity index (χ1) is 9.02. The molecule has 0 aromatic rings. The molecule has 0 spiro atoms. The van der Waals surface area contributed by atoms with Crippen molar-refractivity contribution >= 4 is 17.9 Å². The van der Waals surface area contributed by atoms with E-state index < -0.39 is 24.0 Å². The predicted octanol–water partition coefficient (Wildman–Crippen LogP) is -0.992. The number of carboxylic acid groups (broad SMARTS) is 1. The molecule has 0 aromatic heterocycles. The van der Waals surface area contributed by atoms with Crippen LogP contribution in [-0.4, -0.2) is 66.8 Å². The summed E-state index contributed by atoms with van der Waals surface area (Å²) in [5.41, 5.74) is 0. The van der Waals surface area contributed by atoms with Gasteiger partial charge in [-0.1, -0.05) is 6.92 Å². The second kappa shape index (κ2) is 7.70. The summed E-state index contributed by atoms with van der Waals surface area (Å²) >= 11 is 0. The van der Waals surface area contributed by atoms with Crippen LogP contribution in [0.1, 0.15) is 13.3 Å². The molecule has 1 rings (SSSR count). The minimum atomic E-state index is -1.05. The lowest BCUT2D eigenvalue weighted by Crippen LogP contribution is -2.51. The van der Waals surface area contributed by atoms with Gasteiger partial charge in [-0.05, 0) is 6.42 Å². The number of carboxylic acids is 1. The van der Waals surface area contributed by atoms with Crippen LogP contribution in [0, 0.1) is 0 Å². The number of urea groups is 1. The summed E-state index contributed by atoms with van der Waals surface area (Å²) in [7, 11) is 0. The standard InChI is InChI=1S/C11H19N3O5/c1-2-3-12-11(18)13-9(15)7-14-4-5-19-8(6-14)10(16)17/h8H,2-7H2,1H3,(H,16,17)(H2,12,13,15,18). The zero-order valence-corrected chi connectivity index (χ0v) is 10.8. The maximum absolute atomic E-state index is 11.6. The minimum Gasteiger partial charge on any atom is -0.479 e. The largest absolute Gasteiger partial charge is 0.479 e. The van der Waals surface area contributed by atoms with Crippen LogP contribution in [0.15, 0.2) is 0 Å². The van der Waals surface area contributed by atoms with Gasteiger partial charge >= 0.3 is 12.0 Å². The molecule has 1 heterocycles. The molecule has 0 radical (unpaired) electrons. The van der Waals surface area contributed by atoms with Gasteiger partial charge in [-0.3, -0.25) is 15.0 Å². The van der Waals surface area contributed by atoms with Crippen LogP contribution in [0.5, 0.6) is 0 Å². The van der Waals surface area contributed by atoms with E-state index in [0.29, 0.717) is 13.1 Å². The van der Waals surface area contributed by atoms with Crippen molar-refractivity contribution in [1.82, 2.24) is 15.5 Å². The van der Waals surface area contributed by atoms with E-state index >= 15 is 0 Å². The fourth-order valence-corrected chi connectivity index (χ4v) is 1.65. The van der Waals surface area contributed by atoms with Gasteiger partial charge in [0.15, 0.2) is 6.10 Å². The summed E-state index contributed by atoms with van der Waals surface area (Å²) in [6, 6.07) is -0.533. The maximum Gasteiger partial charge on any atom is 0.334 e. The number of imide groups is 1. The lowest BCUT2D eigenvalue weighted by atomic mass is 10.2. The Hall–Kier alpha value is -1.67. The van der Waals surface area contributed by atoms with Crippen molar-refractivity contribution in [2.45, 2.75) is 19.4 Å². The smallest absolute Gasteiger partial charge is 0.334 e. The summed E-state index contributed by atoms with van der Waals surface area (Å²) in [5.74, 6) is -1.51. The minimum absolute atomic E-state index is 0.0211. The predicted molar refractivity (Wildman–Crippen MR) is 65.6 cm³/mol. The Morgan fingerprint density at radius 3 is 2.79 bits per heavy atom. The van der Waals surface area contributed by atoms with E-state index in [0.717, 1.165) is 6.42 Å².